The van der Waals surface area contributed by atoms with Crippen molar-refractivity contribution in [1.29, 1.82) is 0 Å². The molecule has 32 heavy (non-hydrogen) atoms. The fourth-order valence-electron chi connectivity index (χ4n) is 3.61. The molecule has 1 aromatic rings. The van der Waals surface area contributed by atoms with Crippen LogP contribution in [0.1, 0.15) is 32.3 Å². The molecule has 2 heterocycles. The van der Waals surface area contributed by atoms with Crippen LogP contribution in [0.4, 0.5) is 4.39 Å². The molecule has 2 N–H and O–H groups in total. The standard InChI is InChI=1S/C17H14FIO6.C6H15N/c18-9-2-1-8(3-10(9)19)15(16-11(20)4-24-5-12(16)21)17-13(22)6-25-7-14(17)23;1-4-7(5-2)6-3/h1-3,15,20,22H,4-7H2;4-6H2,1-3H3. The van der Waals surface area contributed by atoms with Crippen molar-refractivity contribution in [3.8, 4) is 0 Å². The predicted molar refractivity (Wildman–Crippen MR) is 126 cm³/mol. The maximum Gasteiger partial charge on any atom is 0.188 e. The molecule has 0 unspecified atom stereocenters. The maximum atomic E-state index is 13.6. The van der Waals surface area contributed by atoms with Crippen LogP contribution in [0.3, 0.4) is 0 Å². The summed E-state index contributed by atoms with van der Waals surface area (Å²) in [6.07, 6.45) is 0. The number of ketones is 2. The SMILES string of the molecule is CCN(CC)CC.O=C1COCC(O)=C1C(C1=C(O)COCC1=O)c1ccc(F)c(I)c1. The zero-order valence-corrected chi connectivity index (χ0v) is 20.6. The second-order valence-corrected chi connectivity index (χ2v) is 8.44. The minimum Gasteiger partial charge on any atom is -0.509 e. The number of nitrogens with zero attached hydrogens (tertiary/aromatic N) is 1. The average molecular weight is 561 g/mol. The van der Waals surface area contributed by atoms with Crippen molar-refractivity contribution < 1.29 is 33.7 Å². The second kappa shape index (κ2) is 12.4. The molecule has 0 aromatic heterocycles. The smallest absolute Gasteiger partial charge is 0.188 e. The van der Waals surface area contributed by atoms with Gasteiger partial charge in [-0.25, -0.2) is 4.39 Å². The van der Waals surface area contributed by atoms with Crippen LogP contribution in [0.5, 0.6) is 0 Å². The Morgan fingerprint density at radius 3 is 1.75 bits per heavy atom. The van der Waals surface area contributed by atoms with E-state index in [0.717, 1.165) is 0 Å². The van der Waals surface area contributed by atoms with Gasteiger partial charge in [-0.05, 0) is 59.9 Å². The van der Waals surface area contributed by atoms with Crippen LogP contribution < -0.4 is 0 Å². The molecule has 0 aliphatic carbocycles. The number of rotatable bonds is 6. The number of ether oxygens (including phenoxy) is 2. The fourth-order valence-corrected chi connectivity index (χ4v) is 4.15. The van der Waals surface area contributed by atoms with Crippen molar-refractivity contribution in [2.45, 2.75) is 26.7 Å². The van der Waals surface area contributed by atoms with E-state index < -0.39 is 23.3 Å². The summed E-state index contributed by atoms with van der Waals surface area (Å²) >= 11 is 1.79. The first-order valence-electron chi connectivity index (χ1n) is 10.5. The third-order valence-corrected chi connectivity index (χ3v) is 6.19. The van der Waals surface area contributed by atoms with Gasteiger partial charge in [0.2, 0.25) is 0 Å². The number of aliphatic hydroxyl groups is 2. The molecule has 0 spiro atoms. The Bertz CT molecular complexity index is 862. The van der Waals surface area contributed by atoms with Gasteiger partial charge in [-0.15, -0.1) is 0 Å². The van der Waals surface area contributed by atoms with Crippen LogP contribution >= 0.6 is 22.6 Å². The van der Waals surface area contributed by atoms with Crippen LogP contribution in [-0.4, -0.2) is 72.7 Å². The van der Waals surface area contributed by atoms with Gasteiger partial charge in [0, 0.05) is 20.6 Å². The molecule has 2 aliphatic heterocycles. The summed E-state index contributed by atoms with van der Waals surface area (Å²) in [6.45, 7) is 9.29. The molecular formula is C23H29FINO6. The lowest BCUT2D eigenvalue weighted by Crippen LogP contribution is -2.32. The highest BCUT2D eigenvalue weighted by atomic mass is 127. The molecule has 176 valence electrons. The minimum absolute atomic E-state index is 0.0227. The van der Waals surface area contributed by atoms with E-state index in [1.54, 1.807) is 22.6 Å². The van der Waals surface area contributed by atoms with Gasteiger partial charge in [-0.3, -0.25) is 9.59 Å². The van der Waals surface area contributed by atoms with E-state index in [-0.39, 0.29) is 49.1 Å². The third-order valence-electron chi connectivity index (χ3n) is 5.36. The number of aliphatic hydroxyl groups excluding tert-OH is 2. The van der Waals surface area contributed by atoms with Crippen LogP contribution in [0, 0.1) is 9.39 Å². The van der Waals surface area contributed by atoms with E-state index in [1.807, 2.05) is 0 Å². The summed E-state index contributed by atoms with van der Waals surface area (Å²) in [5.74, 6) is -3.06. The van der Waals surface area contributed by atoms with Crippen LogP contribution in [0.15, 0.2) is 40.9 Å². The maximum absolute atomic E-state index is 13.6. The van der Waals surface area contributed by atoms with Crippen LogP contribution in [-0.2, 0) is 19.1 Å². The molecule has 0 fully saturated rings. The van der Waals surface area contributed by atoms with Crippen molar-refractivity contribution >= 4 is 34.2 Å². The van der Waals surface area contributed by atoms with Gasteiger partial charge < -0.3 is 24.6 Å². The monoisotopic (exact) mass is 561 g/mol. The molecule has 0 atom stereocenters. The van der Waals surface area contributed by atoms with Crippen LogP contribution in [0.25, 0.3) is 0 Å². The highest BCUT2D eigenvalue weighted by Gasteiger charge is 2.38. The normalized spacial score (nSPS) is 17.2. The lowest BCUT2D eigenvalue weighted by Gasteiger charge is -2.28. The average Bonchev–Trinajstić information content (AvgIpc) is 2.76. The molecule has 9 heteroatoms. The first kappa shape index (κ1) is 26.4. The largest absolute Gasteiger partial charge is 0.509 e. The molecule has 1 aromatic carbocycles. The predicted octanol–water partition coefficient (Wildman–Crippen LogP) is 3.68. The van der Waals surface area contributed by atoms with Gasteiger partial charge in [-0.2, -0.15) is 0 Å². The summed E-state index contributed by atoms with van der Waals surface area (Å²) in [7, 11) is 0. The molecule has 2 aliphatic rings. The molecule has 0 saturated carbocycles. The number of benzene rings is 1. The van der Waals surface area contributed by atoms with Crippen LogP contribution in [0.2, 0.25) is 0 Å². The summed E-state index contributed by atoms with van der Waals surface area (Å²) in [5.41, 5.74) is 0.371. The van der Waals surface area contributed by atoms with Crippen molar-refractivity contribution in [1.82, 2.24) is 4.90 Å². The Morgan fingerprint density at radius 2 is 1.41 bits per heavy atom. The van der Waals surface area contributed by atoms with E-state index >= 15 is 0 Å². The summed E-state index contributed by atoms with van der Waals surface area (Å²) in [6, 6.07) is 4.12. The molecule has 0 amide bonds. The molecule has 7 nitrogen and oxygen atoms in total. The van der Waals surface area contributed by atoms with E-state index in [1.165, 1.54) is 37.8 Å². The highest BCUT2D eigenvalue weighted by Crippen LogP contribution is 2.38. The molecule has 0 saturated heterocycles. The van der Waals surface area contributed by atoms with Crippen molar-refractivity contribution in [3.05, 3.63) is 55.8 Å². The Labute approximate surface area is 201 Å². The Hall–Kier alpha value is -1.82. The second-order valence-electron chi connectivity index (χ2n) is 7.28. The van der Waals surface area contributed by atoms with Crippen molar-refractivity contribution in [2.75, 3.05) is 46.1 Å². The summed E-state index contributed by atoms with van der Waals surface area (Å²) < 4.78 is 23.9. The van der Waals surface area contributed by atoms with E-state index in [4.69, 9.17) is 9.47 Å². The Kier molecular flexibility index (Phi) is 10.3. The first-order chi connectivity index (χ1) is 15.2. The zero-order chi connectivity index (χ0) is 23.8. The Balaban J connectivity index is 0.000000451. The number of carbonyl (C=O) groups is 2. The van der Waals surface area contributed by atoms with Gasteiger partial charge in [0.05, 0.1) is 0 Å². The lowest BCUT2D eigenvalue weighted by molar-refractivity contribution is -0.122. The van der Waals surface area contributed by atoms with Gasteiger partial charge in [0.1, 0.15) is 43.8 Å². The topological polar surface area (TPSA) is 96.3 Å². The van der Waals surface area contributed by atoms with Crippen molar-refractivity contribution in [2.24, 2.45) is 0 Å². The van der Waals surface area contributed by atoms with Crippen molar-refractivity contribution in [3.63, 3.8) is 0 Å². The number of halogens is 2. The quantitative estimate of drug-likeness (QED) is 0.512. The highest BCUT2D eigenvalue weighted by molar-refractivity contribution is 14.1. The number of hydrogen-bond acceptors (Lipinski definition) is 7. The number of hydrogen-bond donors (Lipinski definition) is 2. The molecule has 0 bridgehead atoms. The molecule has 0 radical (unpaired) electrons. The fraction of sp³-hybridized carbons (Fsp3) is 0.478. The van der Waals surface area contributed by atoms with E-state index in [0.29, 0.717) is 9.13 Å². The van der Waals surface area contributed by atoms with E-state index in [2.05, 4.69) is 25.7 Å². The van der Waals surface area contributed by atoms with Gasteiger partial charge in [-0.1, -0.05) is 26.8 Å². The van der Waals surface area contributed by atoms with E-state index in [9.17, 15) is 24.2 Å². The van der Waals surface area contributed by atoms with Gasteiger partial charge in [0.15, 0.2) is 11.6 Å². The summed E-state index contributed by atoms with van der Waals surface area (Å²) in [4.78, 5) is 27.1. The number of Topliss-reactive ketones (excluding diaryl/α,β-unsaturated/α-hetero) is 2. The molecule has 3 rings (SSSR count). The van der Waals surface area contributed by atoms with Gasteiger partial charge >= 0.3 is 0 Å². The number of carbonyl (C=O) groups excluding carboxylic acids is 2. The lowest BCUT2D eigenvalue weighted by atomic mass is 9.79. The molecular weight excluding hydrogens is 532 g/mol. The minimum atomic E-state index is -1.01. The zero-order valence-electron chi connectivity index (χ0n) is 18.5. The summed E-state index contributed by atoms with van der Waals surface area (Å²) in [5, 5.41) is 20.4. The third kappa shape index (κ3) is 6.37. The first-order valence-corrected chi connectivity index (χ1v) is 11.6. The Morgan fingerprint density at radius 1 is 0.938 bits per heavy atom. The van der Waals surface area contributed by atoms with Gasteiger partial charge in [0.25, 0.3) is 0 Å².